The van der Waals surface area contributed by atoms with Crippen molar-refractivity contribution in [2.75, 3.05) is 6.61 Å². The zero-order valence-electron chi connectivity index (χ0n) is 11.1. The summed E-state index contributed by atoms with van der Waals surface area (Å²) < 4.78 is 5.77. The molecular weight excluding hydrogens is 226 g/mol. The van der Waals surface area contributed by atoms with E-state index in [0.29, 0.717) is 13.0 Å². The predicted octanol–water partition coefficient (Wildman–Crippen LogP) is 2.39. The summed E-state index contributed by atoms with van der Waals surface area (Å²) >= 11 is 0. The summed E-state index contributed by atoms with van der Waals surface area (Å²) in [5.41, 5.74) is 6.27. The van der Waals surface area contributed by atoms with Gasteiger partial charge in [0.15, 0.2) is 0 Å². The maximum Gasteiger partial charge on any atom is 0.218 e. The van der Waals surface area contributed by atoms with Gasteiger partial charge in [0.2, 0.25) is 5.91 Å². The molecule has 1 atom stereocenters. The lowest BCUT2D eigenvalue weighted by atomic mass is 9.67. The van der Waals surface area contributed by atoms with Gasteiger partial charge in [0, 0.05) is 18.4 Å². The van der Waals surface area contributed by atoms with Gasteiger partial charge in [0.1, 0.15) is 0 Å². The topological polar surface area (TPSA) is 52.3 Å². The minimum Gasteiger partial charge on any atom is -0.376 e. The van der Waals surface area contributed by atoms with E-state index in [0.717, 1.165) is 12.8 Å². The predicted molar refractivity (Wildman–Crippen MR) is 71.2 cm³/mol. The number of carbonyl (C=O) groups is 1. The van der Waals surface area contributed by atoms with Crippen LogP contribution < -0.4 is 5.73 Å². The standard InChI is InChI=1S/C15H21NO2/c1-14(2)11-15(8-9-18-14,10-13(16)17)12-6-4-3-5-7-12/h3-7H,8-11H2,1-2H3,(H2,16,17)/t15-/m1/s1. The molecule has 1 fully saturated rings. The molecule has 3 heteroatoms. The van der Waals surface area contributed by atoms with Gasteiger partial charge >= 0.3 is 0 Å². The van der Waals surface area contributed by atoms with Crippen LogP contribution in [0.2, 0.25) is 0 Å². The summed E-state index contributed by atoms with van der Waals surface area (Å²) in [5.74, 6) is -0.239. The molecule has 98 valence electrons. The second-order valence-corrected chi connectivity index (χ2v) is 5.82. The highest BCUT2D eigenvalue weighted by Gasteiger charge is 2.42. The Morgan fingerprint density at radius 2 is 2.00 bits per heavy atom. The van der Waals surface area contributed by atoms with Gasteiger partial charge in [-0.3, -0.25) is 4.79 Å². The third-order valence-electron chi connectivity index (χ3n) is 3.74. The van der Waals surface area contributed by atoms with Crippen LogP contribution in [0.5, 0.6) is 0 Å². The summed E-state index contributed by atoms with van der Waals surface area (Å²) in [6.07, 6.45) is 2.07. The van der Waals surface area contributed by atoms with Crippen LogP contribution >= 0.6 is 0 Å². The second-order valence-electron chi connectivity index (χ2n) is 5.82. The Bertz CT molecular complexity index is 427. The van der Waals surface area contributed by atoms with E-state index in [1.807, 2.05) is 18.2 Å². The fraction of sp³-hybridized carbons (Fsp3) is 0.533. The van der Waals surface area contributed by atoms with Gasteiger partial charge in [-0.2, -0.15) is 0 Å². The van der Waals surface area contributed by atoms with Crippen LogP contribution in [-0.2, 0) is 14.9 Å². The number of hydrogen-bond donors (Lipinski definition) is 1. The van der Waals surface area contributed by atoms with Gasteiger partial charge < -0.3 is 10.5 Å². The average Bonchev–Trinajstić information content (AvgIpc) is 2.28. The van der Waals surface area contributed by atoms with E-state index in [2.05, 4.69) is 26.0 Å². The average molecular weight is 247 g/mol. The summed E-state index contributed by atoms with van der Waals surface area (Å²) in [6.45, 7) is 4.82. The Morgan fingerprint density at radius 3 is 2.56 bits per heavy atom. The normalized spacial score (nSPS) is 26.8. The van der Waals surface area contributed by atoms with Crippen LogP contribution in [0.25, 0.3) is 0 Å². The van der Waals surface area contributed by atoms with E-state index in [-0.39, 0.29) is 16.9 Å². The van der Waals surface area contributed by atoms with Crippen molar-refractivity contribution in [1.29, 1.82) is 0 Å². The number of carbonyl (C=O) groups excluding carboxylic acids is 1. The Kier molecular flexibility index (Phi) is 3.44. The molecule has 1 aromatic rings. The van der Waals surface area contributed by atoms with Crippen LogP contribution in [-0.4, -0.2) is 18.1 Å². The third-order valence-corrected chi connectivity index (χ3v) is 3.74. The minimum absolute atomic E-state index is 0.172. The quantitative estimate of drug-likeness (QED) is 0.891. The number of hydrogen-bond acceptors (Lipinski definition) is 2. The molecule has 1 aliphatic rings. The first kappa shape index (κ1) is 13.1. The fourth-order valence-corrected chi connectivity index (χ4v) is 3.10. The number of amides is 1. The molecule has 1 heterocycles. The first-order valence-corrected chi connectivity index (χ1v) is 6.41. The summed E-state index contributed by atoms with van der Waals surface area (Å²) in [5, 5.41) is 0. The molecule has 0 aromatic heterocycles. The Labute approximate surface area is 108 Å². The lowest BCUT2D eigenvalue weighted by Gasteiger charge is -2.45. The minimum atomic E-state index is -0.239. The molecule has 1 saturated heterocycles. The van der Waals surface area contributed by atoms with E-state index >= 15 is 0 Å². The highest BCUT2D eigenvalue weighted by Crippen LogP contribution is 2.43. The molecule has 0 aliphatic carbocycles. The maximum atomic E-state index is 11.4. The van der Waals surface area contributed by atoms with Crippen LogP contribution in [0.4, 0.5) is 0 Å². The van der Waals surface area contributed by atoms with Crippen LogP contribution in [0, 0.1) is 0 Å². The van der Waals surface area contributed by atoms with Crippen LogP contribution in [0.1, 0.15) is 38.7 Å². The summed E-state index contributed by atoms with van der Waals surface area (Å²) in [6, 6.07) is 10.2. The molecule has 1 amide bonds. The van der Waals surface area contributed by atoms with Gasteiger partial charge in [-0.25, -0.2) is 0 Å². The third kappa shape index (κ3) is 2.72. The second kappa shape index (κ2) is 4.73. The SMILES string of the molecule is CC1(C)C[C@@](CC(N)=O)(c2ccccc2)CCO1. The largest absolute Gasteiger partial charge is 0.376 e. The number of rotatable bonds is 3. The Balaban J connectivity index is 2.38. The van der Waals surface area contributed by atoms with Crippen LogP contribution in [0.3, 0.4) is 0 Å². The molecule has 18 heavy (non-hydrogen) atoms. The molecule has 2 N–H and O–H groups in total. The van der Waals surface area contributed by atoms with Crippen molar-refractivity contribution in [3.05, 3.63) is 35.9 Å². The molecule has 1 aliphatic heterocycles. The molecule has 1 aromatic carbocycles. The van der Waals surface area contributed by atoms with Crippen molar-refractivity contribution in [2.24, 2.45) is 5.73 Å². The van der Waals surface area contributed by atoms with E-state index in [4.69, 9.17) is 10.5 Å². The fourth-order valence-electron chi connectivity index (χ4n) is 3.10. The molecule has 0 unspecified atom stereocenters. The number of ether oxygens (including phenoxy) is 1. The molecule has 0 saturated carbocycles. The monoisotopic (exact) mass is 247 g/mol. The van der Waals surface area contributed by atoms with Crippen molar-refractivity contribution in [3.63, 3.8) is 0 Å². The lowest BCUT2D eigenvalue weighted by Crippen LogP contribution is -2.46. The maximum absolute atomic E-state index is 11.4. The zero-order valence-corrected chi connectivity index (χ0v) is 11.1. The van der Waals surface area contributed by atoms with E-state index in [9.17, 15) is 4.79 Å². The first-order chi connectivity index (χ1) is 8.44. The smallest absolute Gasteiger partial charge is 0.218 e. The molecule has 2 rings (SSSR count). The molecule has 0 radical (unpaired) electrons. The van der Waals surface area contributed by atoms with Gasteiger partial charge in [0.25, 0.3) is 0 Å². The van der Waals surface area contributed by atoms with Gasteiger partial charge in [-0.05, 0) is 32.3 Å². The molecular formula is C15H21NO2. The van der Waals surface area contributed by atoms with Crippen molar-refractivity contribution in [1.82, 2.24) is 0 Å². The van der Waals surface area contributed by atoms with Gasteiger partial charge in [-0.1, -0.05) is 30.3 Å². The number of benzene rings is 1. The van der Waals surface area contributed by atoms with Crippen molar-refractivity contribution >= 4 is 5.91 Å². The zero-order chi connectivity index (χ0) is 13.2. The van der Waals surface area contributed by atoms with Crippen LogP contribution in [0.15, 0.2) is 30.3 Å². The van der Waals surface area contributed by atoms with E-state index in [1.54, 1.807) is 0 Å². The first-order valence-electron chi connectivity index (χ1n) is 6.41. The molecule has 0 bridgehead atoms. The van der Waals surface area contributed by atoms with Crippen molar-refractivity contribution in [3.8, 4) is 0 Å². The number of nitrogens with two attached hydrogens (primary N) is 1. The Hall–Kier alpha value is -1.35. The van der Waals surface area contributed by atoms with E-state index < -0.39 is 0 Å². The molecule has 0 spiro atoms. The lowest BCUT2D eigenvalue weighted by molar-refractivity contribution is -0.123. The van der Waals surface area contributed by atoms with Gasteiger partial charge in [0.05, 0.1) is 5.60 Å². The van der Waals surface area contributed by atoms with Crippen molar-refractivity contribution < 1.29 is 9.53 Å². The summed E-state index contributed by atoms with van der Waals surface area (Å²) in [7, 11) is 0. The van der Waals surface area contributed by atoms with Crippen molar-refractivity contribution in [2.45, 2.75) is 44.1 Å². The summed E-state index contributed by atoms with van der Waals surface area (Å²) in [4.78, 5) is 11.4. The van der Waals surface area contributed by atoms with Gasteiger partial charge in [-0.15, -0.1) is 0 Å². The highest BCUT2D eigenvalue weighted by molar-refractivity contribution is 5.75. The number of primary amides is 1. The highest BCUT2D eigenvalue weighted by atomic mass is 16.5. The van der Waals surface area contributed by atoms with E-state index in [1.165, 1.54) is 5.56 Å². The molecule has 3 nitrogen and oxygen atoms in total. The Morgan fingerprint density at radius 1 is 1.33 bits per heavy atom.